The lowest BCUT2D eigenvalue weighted by atomic mass is 10.1. The number of hydrogen-bond donors (Lipinski definition) is 2. The molecule has 0 fully saturated rings. The quantitative estimate of drug-likeness (QED) is 0.808. The Kier molecular flexibility index (Phi) is 3.67. The Bertz CT molecular complexity index is 321. The highest BCUT2D eigenvalue weighted by Gasteiger charge is 2.14. The molecule has 72 valence electrons. The van der Waals surface area contributed by atoms with E-state index in [9.17, 15) is 9.50 Å². The fourth-order valence-electron chi connectivity index (χ4n) is 0.925. The van der Waals surface area contributed by atoms with Gasteiger partial charge in [0.1, 0.15) is 0 Å². The van der Waals surface area contributed by atoms with E-state index in [1.807, 2.05) is 0 Å². The first-order valence-electron chi connectivity index (χ1n) is 3.59. The molecule has 1 unspecified atom stereocenters. The fourth-order valence-corrected chi connectivity index (χ4v) is 1.81. The lowest BCUT2D eigenvalue weighted by Crippen LogP contribution is -2.12. The standard InChI is InChI=1S/C8H8BrClFNO/c9-7-4(6(13)3-12)1-2-5(10)8(7)11/h1-2,6,13H,3,12H2. The maximum Gasteiger partial charge on any atom is 0.156 e. The van der Waals surface area contributed by atoms with E-state index in [0.29, 0.717) is 5.56 Å². The molecule has 0 amide bonds. The van der Waals surface area contributed by atoms with E-state index in [2.05, 4.69) is 15.9 Å². The largest absolute Gasteiger partial charge is 0.387 e. The van der Waals surface area contributed by atoms with Crippen LogP contribution in [0.15, 0.2) is 16.6 Å². The lowest BCUT2D eigenvalue weighted by molar-refractivity contribution is 0.185. The summed E-state index contributed by atoms with van der Waals surface area (Å²) in [6.45, 7) is 0.0413. The van der Waals surface area contributed by atoms with Gasteiger partial charge >= 0.3 is 0 Å². The average molecular weight is 269 g/mol. The van der Waals surface area contributed by atoms with Crippen molar-refractivity contribution in [2.75, 3.05) is 6.54 Å². The van der Waals surface area contributed by atoms with Crippen LogP contribution in [-0.2, 0) is 0 Å². The van der Waals surface area contributed by atoms with Crippen LogP contribution in [0.3, 0.4) is 0 Å². The van der Waals surface area contributed by atoms with Crippen LogP contribution in [0, 0.1) is 5.82 Å². The van der Waals surface area contributed by atoms with Crippen molar-refractivity contribution in [2.45, 2.75) is 6.10 Å². The summed E-state index contributed by atoms with van der Waals surface area (Å²) < 4.78 is 13.3. The fraction of sp³-hybridized carbons (Fsp3) is 0.250. The predicted molar refractivity (Wildman–Crippen MR) is 53.1 cm³/mol. The number of rotatable bonds is 2. The summed E-state index contributed by atoms with van der Waals surface area (Å²) in [5.41, 5.74) is 5.64. The molecule has 1 aromatic carbocycles. The third-order valence-corrected chi connectivity index (χ3v) is 2.75. The molecule has 0 aliphatic heterocycles. The second-order valence-electron chi connectivity index (χ2n) is 2.52. The van der Waals surface area contributed by atoms with E-state index in [-0.39, 0.29) is 16.0 Å². The van der Waals surface area contributed by atoms with E-state index in [1.165, 1.54) is 12.1 Å². The van der Waals surface area contributed by atoms with Gasteiger partial charge in [0.15, 0.2) is 5.82 Å². The Morgan fingerprint density at radius 3 is 2.77 bits per heavy atom. The molecule has 0 radical (unpaired) electrons. The van der Waals surface area contributed by atoms with Gasteiger partial charge in [-0.1, -0.05) is 17.7 Å². The van der Waals surface area contributed by atoms with Crippen molar-refractivity contribution in [1.29, 1.82) is 0 Å². The molecule has 5 heteroatoms. The number of nitrogens with two attached hydrogens (primary N) is 1. The molecule has 0 aliphatic rings. The van der Waals surface area contributed by atoms with Crippen LogP contribution < -0.4 is 5.73 Å². The van der Waals surface area contributed by atoms with Crippen LogP contribution in [-0.4, -0.2) is 11.7 Å². The van der Waals surface area contributed by atoms with Gasteiger partial charge in [-0.15, -0.1) is 0 Å². The van der Waals surface area contributed by atoms with Crippen LogP contribution in [0.5, 0.6) is 0 Å². The average Bonchev–Trinajstić information content (AvgIpc) is 2.13. The topological polar surface area (TPSA) is 46.2 Å². The van der Waals surface area contributed by atoms with Crippen LogP contribution in [0.25, 0.3) is 0 Å². The summed E-state index contributed by atoms with van der Waals surface area (Å²) in [6, 6.07) is 2.92. The van der Waals surface area contributed by atoms with Crippen molar-refractivity contribution >= 4 is 27.5 Å². The molecule has 1 aromatic rings. The molecule has 1 atom stereocenters. The Hall–Kier alpha value is -0.160. The SMILES string of the molecule is NCC(O)c1ccc(Cl)c(F)c1Br. The van der Waals surface area contributed by atoms with E-state index < -0.39 is 11.9 Å². The normalized spacial score (nSPS) is 13.0. The smallest absolute Gasteiger partial charge is 0.156 e. The monoisotopic (exact) mass is 267 g/mol. The summed E-state index contributed by atoms with van der Waals surface area (Å²) in [4.78, 5) is 0. The molecule has 0 spiro atoms. The second-order valence-corrected chi connectivity index (χ2v) is 3.72. The van der Waals surface area contributed by atoms with Crippen molar-refractivity contribution in [2.24, 2.45) is 5.73 Å². The Labute approximate surface area is 88.6 Å². The number of halogens is 3. The number of benzene rings is 1. The molecule has 0 heterocycles. The minimum absolute atomic E-state index is 0.0137. The number of hydrogen-bond acceptors (Lipinski definition) is 2. The number of aliphatic hydroxyl groups is 1. The lowest BCUT2D eigenvalue weighted by Gasteiger charge is -2.11. The second kappa shape index (κ2) is 4.37. The highest BCUT2D eigenvalue weighted by molar-refractivity contribution is 9.10. The van der Waals surface area contributed by atoms with Gasteiger partial charge in [0.05, 0.1) is 15.6 Å². The van der Waals surface area contributed by atoms with E-state index >= 15 is 0 Å². The van der Waals surface area contributed by atoms with Crippen molar-refractivity contribution < 1.29 is 9.50 Å². The molecule has 0 bridgehead atoms. The Morgan fingerprint density at radius 1 is 1.62 bits per heavy atom. The Morgan fingerprint density at radius 2 is 2.23 bits per heavy atom. The minimum Gasteiger partial charge on any atom is -0.387 e. The van der Waals surface area contributed by atoms with Crippen LogP contribution in [0.4, 0.5) is 4.39 Å². The van der Waals surface area contributed by atoms with Crippen molar-refractivity contribution in [3.8, 4) is 0 Å². The highest BCUT2D eigenvalue weighted by Crippen LogP contribution is 2.30. The van der Waals surface area contributed by atoms with Gasteiger partial charge in [-0.05, 0) is 27.6 Å². The van der Waals surface area contributed by atoms with Gasteiger partial charge in [0.2, 0.25) is 0 Å². The summed E-state index contributed by atoms with van der Waals surface area (Å²) in [6.07, 6.45) is -0.874. The maximum absolute atomic E-state index is 13.2. The summed E-state index contributed by atoms with van der Waals surface area (Å²) in [7, 11) is 0. The molecule has 0 saturated heterocycles. The van der Waals surface area contributed by atoms with E-state index in [0.717, 1.165) is 0 Å². The van der Waals surface area contributed by atoms with Gasteiger partial charge in [-0.25, -0.2) is 4.39 Å². The third kappa shape index (κ3) is 2.20. The van der Waals surface area contributed by atoms with Gasteiger partial charge in [-0.2, -0.15) is 0 Å². The number of aliphatic hydroxyl groups excluding tert-OH is 1. The minimum atomic E-state index is -0.874. The Balaban J connectivity index is 3.18. The van der Waals surface area contributed by atoms with Gasteiger partial charge in [0, 0.05) is 6.54 Å². The third-order valence-electron chi connectivity index (χ3n) is 1.65. The van der Waals surface area contributed by atoms with Gasteiger partial charge in [-0.3, -0.25) is 0 Å². The van der Waals surface area contributed by atoms with E-state index in [4.69, 9.17) is 17.3 Å². The molecular weight excluding hydrogens is 260 g/mol. The molecule has 1 rings (SSSR count). The maximum atomic E-state index is 13.2. The zero-order chi connectivity index (χ0) is 10.0. The van der Waals surface area contributed by atoms with Crippen LogP contribution in [0.2, 0.25) is 5.02 Å². The summed E-state index contributed by atoms with van der Waals surface area (Å²) >= 11 is 8.51. The summed E-state index contributed by atoms with van der Waals surface area (Å²) in [5, 5.41) is 9.37. The zero-order valence-electron chi connectivity index (χ0n) is 6.60. The molecule has 2 nitrogen and oxygen atoms in total. The van der Waals surface area contributed by atoms with Crippen molar-refractivity contribution in [3.05, 3.63) is 33.0 Å². The van der Waals surface area contributed by atoms with Crippen molar-refractivity contribution in [3.63, 3.8) is 0 Å². The van der Waals surface area contributed by atoms with Crippen LogP contribution in [0.1, 0.15) is 11.7 Å². The highest BCUT2D eigenvalue weighted by atomic mass is 79.9. The van der Waals surface area contributed by atoms with Gasteiger partial charge in [0.25, 0.3) is 0 Å². The molecular formula is C8H8BrClFNO. The van der Waals surface area contributed by atoms with Crippen molar-refractivity contribution in [1.82, 2.24) is 0 Å². The first kappa shape index (κ1) is 10.9. The van der Waals surface area contributed by atoms with E-state index in [1.54, 1.807) is 0 Å². The first-order valence-corrected chi connectivity index (χ1v) is 4.76. The molecule has 0 aliphatic carbocycles. The van der Waals surface area contributed by atoms with Crippen LogP contribution >= 0.6 is 27.5 Å². The molecule has 0 aromatic heterocycles. The zero-order valence-corrected chi connectivity index (χ0v) is 8.94. The molecule has 13 heavy (non-hydrogen) atoms. The summed E-state index contributed by atoms with van der Waals surface area (Å²) in [5.74, 6) is -0.577. The molecule has 3 N–H and O–H groups in total. The predicted octanol–water partition coefficient (Wildman–Crippen LogP) is 2.23. The van der Waals surface area contributed by atoms with Gasteiger partial charge < -0.3 is 10.8 Å². The molecule has 0 saturated carbocycles. The first-order chi connectivity index (χ1) is 6.07.